The van der Waals surface area contributed by atoms with Crippen molar-refractivity contribution in [3.63, 3.8) is 0 Å². The first-order chi connectivity index (χ1) is 10.8. The van der Waals surface area contributed by atoms with Crippen molar-refractivity contribution in [3.05, 3.63) is 63.2 Å². The summed E-state index contributed by atoms with van der Waals surface area (Å²) in [6.07, 6.45) is 1.08. The number of rotatable bonds is 4. The third-order valence-corrected chi connectivity index (χ3v) is 3.85. The molecule has 120 valence electrons. The smallest absolute Gasteiger partial charge is 0.395 e. The van der Waals surface area contributed by atoms with Crippen LogP contribution < -0.4 is 5.73 Å². The number of alkyl halides is 3. The molecule has 0 aromatic carbocycles. The lowest BCUT2D eigenvalue weighted by Crippen LogP contribution is -2.20. The Morgan fingerprint density at radius 3 is 2.61 bits per heavy atom. The van der Waals surface area contributed by atoms with E-state index >= 15 is 0 Å². The predicted molar refractivity (Wildman–Crippen MR) is 87.4 cm³/mol. The van der Waals surface area contributed by atoms with Crippen molar-refractivity contribution in [3.8, 4) is 0 Å². The Bertz CT molecular complexity index is 773. The molecule has 0 saturated heterocycles. The predicted octanol–water partition coefficient (Wildman–Crippen LogP) is 4.39. The molecule has 0 aliphatic heterocycles. The van der Waals surface area contributed by atoms with Crippen LogP contribution in [0.1, 0.15) is 21.0 Å². The van der Waals surface area contributed by atoms with E-state index in [0.717, 1.165) is 10.4 Å². The van der Waals surface area contributed by atoms with Crippen molar-refractivity contribution < 1.29 is 13.2 Å². The molecule has 0 spiro atoms. The van der Waals surface area contributed by atoms with Crippen LogP contribution >= 0.6 is 11.3 Å². The van der Waals surface area contributed by atoms with Gasteiger partial charge >= 0.3 is 6.18 Å². The molecule has 3 nitrogen and oxygen atoms in total. The fourth-order valence-electron chi connectivity index (χ4n) is 1.73. The number of aromatic nitrogens is 1. The quantitative estimate of drug-likeness (QED) is 0.813. The van der Waals surface area contributed by atoms with Crippen LogP contribution in [-0.4, -0.2) is 16.9 Å². The second kappa shape index (κ2) is 6.78. The van der Waals surface area contributed by atoms with E-state index in [2.05, 4.69) is 4.98 Å². The van der Waals surface area contributed by atoms with Crippen molar-refractivity contribution in [2.45, 2.75) is 13.1 Å². The first-order valence-electron chi connectivity index (χ1n) is 6.59. The van der Waals surface area contributed by atoms with Crippen LogP contribution in [0.25, 0.3) is 12.2 Å². The van der Waals surface area contributed by atoms with Gasteiger partial charge in [0, 0.05) is 16.0 Å². The normalized spacial score (nSPS) is 12.8. The number of halogens is 3. The van der Waals surface area contributed by atoms with Gasteiger partial charge in [0.05, 0.1) is 11.4 Å². The number of hydrogen-bond donors (Lipinski definition) is 2. The summed E-state index contributed by atoms with van der Waals surface area (Å²) in [6, 6.07) is 7.24. The molecule has 0 aliphatic carbocycles. The van der Waals surface area contributed by atoms with Crippen LogP contribution in [0.5, 0.6) is 0 Å². The molecule has 7 heteroatoms. The zero-order valence-electron chi connectivity index (χ0n) is 12.2. The van der Waals surface area contributed by atoms with Crippen LogP contribution in [0, 0.1) is 12.3 Å². The number of nitrogens with one attached hydrogen (secondary N) is 1. The number of nitrogens with two attached hydrogens (primary N) is 1. The van der Waals surface area contributed by atoms with Crippen molar-refractivity contribution in [1.29, 1.82) is 5.41 Å². The second-order valence-electron chi connectivity index (χ2n) is 4.77. The first-order valence-corrected chi connectivity index (χ1v) is 7.41. The summed E-state index contributed by atoms with van der Waals surface area (Å²) < 4.78 is 37.2. The van der Waals surface area contributed by atoms with E-state index in [1.807, 2.05) is 31.2 Å². The minimum absolute atomic E-state index is 0.127. The Balaban J connectivity index is 2.20. The third-order valence-electron chi connectivity index (χ3n) is 2.89. The molecule has 0 saturated carbocycles. The Labute approximate surface area is 135 Å². The summed E-state index contributed by atoms with van der Waals surface area (Å²) in [5, 5.41) is 7.70. The molecule has 0 atom stereocenters. The average Bonchev–Trinajstić information content (AvgIpc) is 2.90. The van der Waals surface area contributed by atoms with Crippen molar-refractivity contribution in [2.24, 2.45) is 5.73 Å². The standard InChI is InChI=1S/C16H14F3N3S/c1-10-2-4-12(23-10)5-3-11-6-7-22-14(8-11)13(20)9-15(21)16(17,18)19/h2-9,20H,21H2,1H3/b5-3+,15-9?,20-13?. The lowest BCUT2D eigenvalue weighted by atomic mass is 10.1. The van der Waals surface area contributed by atoms with Crippen LogP contribution in [0.15, 0.2) is 42.2 Å². The maximum Gasteiger partial charge on any atom is 0.430 e. The van der Waals surface area contributed by atoms with Gasteiger partial charge in [-0.3, -0.25) is 10.4 Å². The van der Waals surface area contributed by atoms with E-state index in [1.165, 1.54) is 11.1 Å². The first kappa shape index (κ1) is 17.0. The number of pyridine rings is 1. The van der Waals surface area contributed by atoms with E-state index in [0.29, 0.717) is 6.08 Å². The van der Waals surface area contributed by atoms with Gasteiger partial charge in [0.1, 0.15) is 5.70 Å². The highest BCUT2D eigenvalue weighted by molar-refractivity contribution is 7.12. The van der Waals surface area contributed by atoms with Gasteiger partial charge in [-0.2, -0.15) is 13.2 Å². The molecule has 2 heterocycles. The molecule has 3 N–H and O–H groups in total. The summed E-state index contributed by atoms with van der Waals surface area (Å²) in [4.78, 5) is 6.17. The summed E-state index contributed by atoms with van der Waals surface area (Å²) in [5.41, 5.74) is 4.08. The lowest BCUT2D eigenvalue weighted by Gasteiger charge is -2.06. The summed E-state index contributed by atoms with van der Waals surface area (Å²) >= 11 is 1.63. The van der Waals surface area contributed by atoms with Crippen molar-refractivity contribution in [1.82, 2.24) is 4.98 Å². The highest BCUT2D eigenvalue weighted by Gasteiger charge is 2.31. The van der Waals surface area contributed by atoms with Gasteiger partial charge in [0.2, 0.25) is 0 Å². The van der Waals surface area contributed by atoms with Crippen molar-refractivity contribution >= 4 is 29.2 Å². The SMILES string of the molecule is Cc1ccc(/C=C/c2ccnc(C(=N)C=C(N)C(F)(F)F)c2)s1. The molecule has 23 heavy (non-hydrogen) atoms. The van der Waals surface area contributed by atoms with Crippen LogP contribution in [0.3, 0.4) is 0 Å². The Hall–Kier alpha value is -2.41. The fourth-order valence-corrected chi connectivity index (χ4v) is 2.51. The van der Waals surface area contributed by atoms with Gasteiger partial charge in [-0.25, -0.2) is 0 Å². The van der Waals surface area contributed by atoms with Gasteiger partial charge in [0.25, 0.3) is 0 Å². The minimum Gasteiger partial charge on any atom is -0.395 e. The van der Waals surface area contributed by atoms with E-state index in [9.17, 15) is 13.2 Å². The van der Waals surface area contributed by atoms with Gasteiger partial charge in [-0.05, 0) is 48.9 Å². The highest BCUT2D eigenvalue weighted by Crippen LogP contribution is 2.22. The van der Waals surface area contributed by atoms with E-state index in [1.54, 1.807) is 23.5 Å². The molecule has 0 aliphatic rings. The summed E-state index contributed by atoms with van der Waals surface area (Å²) in [5.74, 6) is 0. The second-order valence-corrected chi connectivity index (χ2v) is 6.09. The Morgan fingerprint density at radius 2 is 2.00 bits per heavy atom. The largest absolute Gasteiger partial charge is 0.430 e. The number of allylic oxidation sites excluding steroid dienone is 2. The van der Waals surface area contributed by atoms with Crippen LogP contribution in [0.2, 0.25) is 0 Å². The minimum atomic E-state index is -4.65. The van der Waals surface area contributed by atoms with Gasteiger partial charge in [0.15, 0.2) is 0 Å². The molecule has 2 aromatic heterocycles. The number of aryl methyl sites for hydroxylation is 1. The lowest BCUT2D eigenvalue weighted by molar-refractivity contribution is -0.0925. The maximum atomic E-state index is 12.4. The van der Waals surface area contributed by atoms with Crippen molar-refractivity contribution in [2.75, 3.05) is 0 Å². The van der Waals surface area contributed by atoms with Gasteiger partial charge in [-0.1, -0.05) is 6.08 Å². The summed E-state index contributed by atoms with van der Waals surface area (Å²) in [7, 11) is 0. The molecule has 2 rings (SSSR count). The van der Waals surface area contributed by atoms with E-state index < -0.39 is 11.9 Å². The molecule has 0 bridgehead atoms. The molecule has 0 fully saturated rings. The topological polar surface area (TPSA) is 62.8 Å². The van der Waals surface area contributed by atoms with Gasteiger partial charge < -0.3 is 5.73 Å². The number of hydrogen-bond acceptors (Lipinski definition) is 4. The van der Waals surface area contributed by atoms with E-state index in [4.69, 9.17) is 11.1 Å². The molecule has 0 unspecified atom stereocenters. The highest BCUT2D eigenvalue weighted by atomic mass is 32.1. The molecular weight excluding hydrogens is 323 g/mol. The number of thiophene rings is 1. The Kier molecular flexibility index (Phi) is 5.00. The van der Waals surface area contributed by atoms with Crippen LogP contribution in [0.4, 0.5) is 13.2 Å². The Morgan fingerprint density at radius 1 is 1.26 bits per heavy atom. The summed E-state index contributed by atoms with van der Waals surface area (Å²) in [6.45, 7) is 2.01. The maximum absolute atomic E-state index is 12.4. The molecular formula is C16H14F3N3S. The fraction of sp³-hybridized carbons (Fsp3) is 0.125. The van der Waals surface area contributed by atoms with Crippen LogP contribution in [-0.2, 0) is 0 Å². The third kappa shape index (κ3) is 4.79. The zero-order chi connectivity index (χ0) is 17.0. The van der Waals surface area contributed by atoms with E-state index in [-0.39, 0.29) is 11.4 Å². The number of nitrogens with zero attached hydrogens (tertiary/aromatic N) is 1. The molecule has 0 radical (unpaired) electrons. The molecule has 2 aromatic rings. The van der Waals surface area contributed by atoms with Gasteiger partial charge in [-0.15, -0.1) is 11.3 Å². The monoisotopic (exact) mass is 337 g/mol. The molecule has 0 amide bonds. The average molecular weight is 337 g/mol. The zero-order valence-corrected chi connectivity index (χ0v) is 13.0.